The van der Waals surface area contributed by atoms with Crippen molar-refractivity contribution in [2.45, 2.75) is 52.2 Å². The first-order chi connectivity index (χ1) is 10.3. The molecule has 1 N–H and O–H groups in total. The van der Waals surface area contributed by atoms with Crippen LogP contribution in [0.4, 0.5) is 0 Å². The van der Waals surface area contributed by atoms with E-state index in [1.54, 1.807) is 0 Å². The number of esters is 2. The summed E-state index contributed by atoms with van der Waals surface area (Å²) in [5, 5.41) is 10.7. The van der Waals surface area contributed by atoms with Crippen LogP contribution in [0.2, 0.25) is 0 Å². The second-order valence-corrected chi connectivity index (χ2v) is 6.26. The van der Waals surface area contributed by atoms with Gasteiger partial charge in [0, 0.05) is 18.9 Å². The topological polar surface area (TPSA) is 72.8 Å². The van der Waals surface area contributed by atoms with Crippen molar-refractivity contribution in [2.24, 2.45) is 11.8 Å². The highest BCUT2D eigenvalue weighted by Gasteiger charge is 2.47. The first kappa shape index (κ1) is 16.7. The third-order valence-corrected chi connectivity index (χ3v) is 4.60. The number of carbonyl (C=O) groups is 2. The highest BCUT2D eigenvalue weighted by atomic mass is 16.6. The van der Waals surface area contributed by atoms with Gasteiger partial charge >= 0.3 is 11.9 Å². The van der Waals surface area contributed by atoms with Crippen molar-refractivity contribution in [1.29, 1.82) is 0 Å². The molecule has 1 aliphatic carbocycles. The second kappa shape index (κ2) is 6.65. The first-order valence-corrected chi connectivity index (χ1v) is 7.73. The number of aliphatic hydroxyl groups excluding tert-OH is 1. The van der Waals surface area contributed by atoms with Crippen LogP contribution in [0.25, 0.3) is 0 Å². The van der Waals surface area contributed by atoms with Crippen LogP contribution in [0.15, 0.2) is 23.3 Å². The van der Waals surface area contributed by atoms with E-state index in [2.05, 4.69) is 13.5 Å². The Morgan fingerprint density at radius 1 is 1.55 bits per heavy atom. The second-order valence-electron chi connectivity index (χ2n) is 6.26. The largest absolute Gasteiger partial charge is 0.466 e. The molecule has 1 saturated heterocycles. The molecule has 2 aliphatic rings. The zero-order chi connectivity index (χ0) is 16.4. The standard InChI is InChI=1S/C17H24O5/c1-9(6-5-7-21-12(4)18)14-10(2)8-13-15(16(14)19)11(3)17(20)22-13/h9,13,15-16,19H,3,5-8H2,1-2,4H3/t9?,13-,15-,16+/m1/s1. The zero-order valence-corrected chi connectivity index (χ0v) is 13.4. The molecule has 0 radical (unpaired) electrons. The molecule has 1 fully saturated rings. The molecule has 0 aromatic carbocycles. The van der Waals surface area contributed by atoms with Gasteiger partial charge in [0.05, 0.1) is 18.6 Å². The maximum Gasteiger partial charge on any atom is 0.334 e. The highest BCUT2D eigenvalue weighted by molar-refractivity contribution is 5.91. The molecule has 0 spiro atoms. The minimum Gasteiger partial charge on any atom is -0.466 e. The Labute approximate surface area is 131 Å². The Bertz CT molecular complexity index is 519. The third kappa shape index (κ3) is 3.24. The van der Waals surface area contributed by atoms with Gasteiger partial charge in [-0.3, -0.25) is 4.79 Å². The predicted octanol–water partition coefficient (Wildman–Crippen LogP) is 2.14. The average Bonchev–Trinajstić information content (AvgIpc) is 2.69. The number of aliphatic hydroxyl groups is 1. The van der Waals surface area contributed by atoms with Crippen molar-refractivity contribution < 1.29 is 24.2 Å². The molecule has 22 heavy (non-hydrogen) atoms. The number of fused-ring (bicyclic) bond motifs is 1. The van der Waals surface area contributed by atoms with Crippen molar-refractivity contribution in [3.8, 4) is 0 Å². The molecule has 122 valence electrons. The molecule has 1 heterocycles. The molecule has 5 heteroatoms. The lowest BCUT2D eigenvalue weighted by Crippen LogP contribution is -2.37. The van der Waals surface area contributed by atoms with Gasteiger partial charge in [-0.1, -0.05) is 19.1 Å². The van der Waals surface area contributed by atoms with E-state index in [9.17, 15) is 14.7 Å². The first-order valence-electron chi connectivity index (χ1n) is 7.73. The predicted molar refractivity (Wildman–Crippen MR) is 80.9 cm³/mol. The summed E-state index contributed by atoms with van der Waals surface area (Å²) in [5.41, 5.74) is 2.43. The van der Waals surface area contributed by atoms with Crippen molar-refractivity contribution in [1.82, 2.24) is 0 Å². The van der Waals surface area contributed by atoms with Crippen LogP contribution in [0.3, 0.4) is 0 Å². The van der Waals surface area contributed by atoms with Gasteiger partial charge in [-0.2, -0.15) is 0 Å². The molecule has 2 rings (SSSR count). The third-order valence-electron chi connectivity index (χ3n) is 4.60. The van der Waals surface area contributed by atoms with Crippen LogP contribution in [0.1, 0.15) is 40.0 Å². The van der Waals surface area contributed by atoms with E-state index in [-0.39, 0.29) is 23.9 Å². The summed E-state index contributed by atoms with van der Waals surface area (Å²) in [6.07, 6.45) is 1.20. The summed E-state index contributed by atoms with van der Waals surface area (Å²) in [6.45, 7) is 9.58. The molecule has 0 bridgehead atoms. The van der Waals surface area contributed by atoms with Gasteiger partial charge in [-0.05, 0) is 31.3 Å². The summed E-state index contributed by atoms with van der Waals surface area (Å²) < 4.78 is 10.2. The molecule has 0 aromatic rings. The van der Waals surface area contributed by atoms with E-state index in [1.165, 1.54) is 6.92 Å². The van der Waals surface area contributed by atoms with Gasteiger partial charge in [-0.15, -0.1) is 0 Å². The monoisotopic (exact) mass is 308 g/mol. The van der Waals surface area contributed by atoms with Gasteiger partial charge in [0.2, 0.25) is 0 Å². The normalized spacial score (nSPS) is 29.2. The fourth-order valence-corrected chi connectivity index (χ4v) is 3.55. The van der Waals surface area contributed by atoms with E-state index < -0.39 is 12.1 Å². The quantitative estimate of drug-likeness (QED) is 0.364. The lowest BCUT2D eigenvalue weighted by molar-refractivity contribution is -0.141. The number of carbonyl (C=O) groups excluding carboxylic acids is 2. The van der Waals surface area contributed by atoms with Crippen LogP contribution in [0.5, 0.6) is 0 Å². The van der Waals surface area contributed by atoms with E-state index in [1.807, 2.05) is 6.92 Å². The minimum atomic E-state index is -0.721. The number of hydrogen-bond donors (Lipinski definition) is 1. The van der Waals surface area contributed by atoms with Gasteiger partial charge in [0.1, 0.15) is 6.10 Å². The highest BCUT2D eigenvalue weighted by Crippen LogP contribution is 2.43. The van der Waals surface area contributed by atoms with Crippen molar-refractivity contribution in [3.63, 3.8) is 0 Å². The van der Waals surface area contributed by atoms with E-state index in [4.69, 9.17) is 9.47 Å². The van der Waals surface area contributed by atoms with E-state index >= 15 is 0 Å². The smallest absolute Gasteiger partial charge is 0.334 e. The van der Waals surface area contributed by atoms with E-state index in [0.717, 1.165) is 24.0 Å². The average molecular weight is 308 g/mol. The summed E-state index contributed by atoms with van der Waals surface area (Å²) in [4.78, 5) is 22.4. The van der Waals surface area contributed by atoms with Gasteiger partial charge in [0.25, 0.3) is 0 Å². The van der Waals surface area contributed by atoms with Gasteiger partial charge in [0.15, 0.2) is 0 Å². The maximum atomic E-state index is 11.6. The fraction of sp³-hybridized carbons (Fsp3) is 0.647. The lowest BCUT2D eigenvalue weighted by atomic mass is 9.73. The van der Waals surface area contributed by atoms with Crippen molar-refractivity contribution >= 4 is 11.9 Å². The summed E-state index contributed by atoms with van der Waals surface area (Å²) in [7, 11) is 0. The molecule has 5 nitrogen and oxygen atoms in total. The number of hydrogen-bond acceptors (Lipinski definition) is 5. The van der Waals surface area contributed by atoms with Crippen molar-refractivity contribution in [2.75, 3.05) is 6.61 Å². The minimum absolute atomic E-state index is 0.162. The molecule has 0 amide bonds. The molecular formula is C17H24O5. The van der Waals surface area contributed by atoms with Gasteiger partial charge < -0.3 is 14.6 Å². The van der Waals surface area contributed by atoms with Crippen LogP contribution < -0.4 is 0 Å². The van der Waals surface area contributed by atoms with Crippen LogP contribution in [-0.4, -0.2) is 35.9 Å². The summed E-state index contributed by atoms with van der Waals surface area (Å²) in [5.74, 6) is -0.843. The molecule has 1 unspecified atom stereocenters. The Kier molecular flexibility index (Phi) is 5.06. The Hall–Kier alpha value is -1.62. The SMILES string of the molecule is C=C1C(=O)O[C@@H]2CC(C)=C(C(C)CCCOC(C)=O)[C@H](O)[C@H]12. The summed E-state index contributed by atoms with van der Waals surface area (Å²) >= 11 is 0. The lowest BCUT2D eigenvalue weighted by Gasteiger charge is -2.35. The molecular weight excluding hydrogens is 284 g/mol. The Morgan fingerprint density at radius 3 is 2.86 bits per heavy atom. The van der Waals surface area contributed by atoms with Gasteiger partial charge in [-0.25, -0.2) is 4.79 Å². The number of ether oxygens (including phenoxy) is 2. The van der Waals surface area contributed by atoms with E-state index in [0.29, 0.717) is 18.6 Å². The molecule has 0 aromatic heterocycles. The molecule has 1 aliphatic heterocycles. The zero-order valence-electron chi connectivity index (χ0n) is 13.4. The molecule has 0 saturated carbocycles. The van der Waals surface area contributed by atoms with Crippen molar-refractivity contribution in [3.05, 3.63) is 23.3 Å². The number of rotatable bonds is 5. The Morgan fingerprint density at radius 2 is 2.23 bits per heavy atom. The van der Waals surface area contributed by atoms with Crippen LogP contribution >= 0.6 is 0 Å². The van der Waals surface area contributed by atoms with Crippen LogP contribution in [-0.2, 0) is 19.1 Å². The molecule has 4 atom stereocenters. The Balaban J connectivity index is 2.03. The maximum absolute atomic E-state index is 11.6. The summed E-state index contributed by atoms with van der Waals surface area (Å²) in [6, 6.07) is 0. The fourth-order valence-electron chi connectivity index (χ4n) is 3.55. The van der Waals surface area contributed by atoms with Crippen LogP contribution in [0, 0.1) is 11.8 Å².